The molecule has 4 nitrogen and oxygen atoms in total. The van der Waals surface area contributed by atoms with Crippen LogP contribution >= 0.6 is 0 Å². The smallest absolute Gasteiger partial charge is 0.493 e. The van der Waals surface area contributed by atoms with Gasteiger partial charge in [0.05, 0.1) is 13.2 Å². The topological polar surface area (TPSA) is 39.7 Å². The summed E-state index contributed by atoms with van der Waals surface area (Å²) in [6.45, 7) is 4.44. The highest BCUT2D eigenvalue weighted by molar-refractivity contribution is 5.46. The Morgan fingerprint density at radius 3 is 2.19 bits per heavy atom. The second-order valence-corrected chi connectivity index (χ2v) is 5.87. The van der Waals surface area contributed by atoms with Gasteiger partial charge < -0.3 is 19.5 Å². The molecule has 142 valence electrons. The zero-order valence-electron chi connectivity index (χ0n) is 14.9. The van der Waals surface area contributed by atoms with Crippen LogP contribution in [0.3, 0.4) is 0 Å². The van der Waals surface area contributed by atoms with Crippen molar-refractivity contribution in [2.24, 2.45) is 0 Å². The molecule has 0 aliphatic carbocycles. The van der Waals surface area contributed by atoms with Crippen molar-refractivity contribution >= 4 is 0 Å². The SMILES string of the molecule is COc1cccc(CNCc2ccccc2OC(F)(F)F)c1OC(C)C. The molecule has 2 aromatic carbocycles. The van der Waals surface area contributed by atoms with Crippen molar-refractivity contribution in [3.63, 3.8) is 0 Å². The van der Waals surface area contributed by atoms with Crippen LogP contribution in [-0.4, -0.2) is 19.6 Å². The summed E-state index contributed by atoms with van der Waals surface area (Å²) in [5, 5.41) is 3.13. The third kappa shape index (κ3) is 5.84. The molecule has 0 unspecified atom stereocenters. The average molecular weight is 369 g/mol. The highest BCUT2D eigenvalue weighted by atomic mass is 19.4. The molecule has 0 radical (unpaired) electrons. The van der Waals surface area contributed by atoms with E-state index in [4.69, 9.17) is 9.47 Å². The van der Waals surface area contributed by atoms with E-state index in [1.165, 1.54) is 12.1 Å². The molecule has 0 bridgehead atoms. The normalized spacial score (nSPS) is 11.5. The van der Waals surface area contributed by atoms with Gasteiger partial charge in [-0.05, 0) is 26.0 Å². The lowest BCUT2D eigenvalue weighted by atomic mass is 10.1. The fourth-order valence-corrected chi connectivity index (χ4v) is 2.44. The lowest BCUT2D eigenvalue weighted by Gasteiger charge is -2.18. The van der Waals surface area contributed by atoms with Crippen LogP contribution in [0.25, 0.3) is 0 Å². The Balaban J connectivity index is 2.09. The van der Waals surface area contributed by atoms with Gasteiger partial charge in [0, 0.05) is 24.2 Å². The fraction of sp³-hybridized carbons (Fsp3) is 0.368. The van der Waals surface area contributed by atoms with Gasteiger partial charge in [0.1, 0.15) is 5.75 Å². The first-order valence-electron chi connectivity index (χ1n) is 8.17. The van der Waals surface area contributed by atoms with Crippen LogP contribution < -0.4 is 19.5 Å². The Labute approximate surface area is 150 Å². The van der Waals surface area contributed by atoms with Crippen LogP contribution in [0.1, 0.15) is 25.0 Å². The Kier molecular flexibility index (Phi) is 6.74. The highest BCUT2D eigenvalue weighted by Crippen LogP contribution is 2.32. The largest absolute Gasteiger partial charge is 0.573 e. The quantitative estimate of drug-likeness (QED) is 0.734. The van der Waals surface area contributed by atoms with E-state index in [0.717, 1.165) is 5.56 Å². The van der Waals surface area contributed by atoms with Crippen molar-refractivity contribution < 1.29 is 27.4 Å². The zero-order chi connectivity index (χ0) is 19.2. The standard InChI is InChI=1S/C19H22F3NO3/c1-13(2)25-18-15(8-6-10-17(18)24-3)12-23-11-14-7-4-5-9-16(14)26-19(20,21)22/h4-10,13,23H,11-12H2,1-3H3. The minimum Gasteiger partial charge on any atom is -0.493 e. The van der Waals surface area contributed by atoms with Crippen molar-refractivity contribution in [2.75, 3.05) is 7.11 Å². The molecule has 0 heterocycles. The monoisotopic (exact) mass is 369 g/mol. The lowest BCUT2D eigenvalue weighted by molar-refractivity contribution is -0.274. The molecule has 0 aliphatic heterocycles. The molecule has 0 amide bonds. The molecule has 2 rings (SSSR count). The van der Waals surface area contributed by atoms with Crippen molar-refractivity contribution in [1.29, 1.82) is 0 Å². The van der Waals surface area contributed by atoms with E-state index in [2.05, 4.69) is 10.1 Å². The summed E-state index contributed by atoms with van der Waals surface area (Å²) in [4.78, 5) is 0. The molecule has 1 N–H and O–H groups in total. The third-order valence-electron chi connectivity index (χ3n) is 3.46. The second-order valence-electron chi connectivity index (χ2n) is 5.87. The van der Waals surface area contributed by atoms with E-state index in [1.807, 2.05) is 26.0 Å². The number of alkyl halides is 3. The third-order valence-corrected chi connectivity index (χ3v) is 3.46. The summed E-state index contributed by atoms with van der Waals surface area (Å²) >= 11 is 0. The van der Waals surface area contributed by atoms with Gasteiger partial charge in [-0.1, -0.05) is 30.3 Å². The molecule has 7 heteroatoms. The molecule has 0 aliphatic rings. The first-order valence-corrected chi connectivity index (χ1v) is 8.17. The second kappa shape index (κ2) is 8.80. The summed E-state index contributed by atoms with van der Waals surface area (Å²) < 4.78 is 52.7. The summed E-state index contributed by atoms with van der Waals surface area (Å²) in [6.07, 6.45) is -4.76. The van der Waals surface area contributed by atoms with Crippen molar-refractivity contribution in [3.05, 3.63) is 53.6 Å². The maximum atomic E-state index is 12.5. The van der Waals surface area contributed by atoms with Gasteiger partial charge in [-0.3, -0.25) is 0 Å². The summed E-state index contributed by atoms with van der Waals surface area (Å²) in [6, 6.07) is 11.6. The van der Waals surface area contributed by atoms with E-state index in [0.29, 0.717) is 23.6 Å². The van der Waals surface area contributed by atoms with Gasteiger partial charge in [-0.15, -0.1) is 13.2 Å². The number of rotatable bonds is 8. The molecule has 2 aromatic rings. The Hall–Kier alpha value is -2.41. The Bertz CT molecular complexity index is 717. The molecule has 0 saturated carbocycles. The van der Waals surface area contributed by atoms with Gasteiger partial charge in [0.2, 0.25) is 0 Å². The Morgan fingerprint density at radius 2 is 1.54 bits per heavy atom. The average Bonchev–Trinajstić information content (AvgIpc) is 2.56. The molecule has 26 heavy (non-hydrogen) atoms. The first-order chi connectivity index (χ1) is 12.3. The predicted octanol–water partition coefficient (Wildman–Crippen LogP) is 4.67. The number of para-hydroxylation sites is 2. The zero-order valence-corrected chi connectivity index (χ0v) is 14.9. The first kappa shape index (κ1) is 19.9. The number of ether oxygens (including phenoxy) is 3. The van der Waals surface area contributed by atoms with Crippen molar-refractivity contribution in [1.82, 2.24) is 5.32 Å². The van der Waals surface area contributed by atoms with Crippen LogP contribution in [0.2, 0.25) is 0 Å². The van der Waals surface area contributed by atoms with Gasteiger partial charge in [-0.2, -0.15) is 0 Å². The number of benzene rings is 2. The summed E-state index contributed by atoms with van der Waals surface area (Å²) in [5.41, 5.74) is 1.27. The number of hydrogen-bond acceptors (Lipinski definition) is 4. The maximum absolute atomic E-state index is 12.5. The van der Waals surface area contributed by atoms with E-state index in [9.17, 15) is 13.2 Å². The van der Waals surface area contributed by atoms with Crippen LogP contribution in [0.5, 0.6) is 17.2 Å². The van der Waals surface area contributed by atoms with Crippen molar-refractivity contribution in [2.45, 2.75) is 39.4 Å². The molecule has 0 saturated heterocycles. The fourth-order valence-electron chi connectivity index (χ4n) is 2.44. The molecular formula is C19H22F3NO3. The van der Waals surface area contributed by atoms with Crippen LogP contribution in [0, 0.1) is 0 Å². The van der Waals surface area contributed by atoms with Gasteiger partial charge in [0.15, 0.2) is 11.5 Å². The van der Waals surface area contributed by atoms with E-state index >= 15 is 0 Å². The summed E-state index contributed by atoms with van der Waals surface area (Å²) in [5.74, 6) is 1.02. The van der Waals surface area contributed by atoms with Crippen LogP contribution in [0.4, 0.5) is 13.2 Å². The number of hydrogen-bond donors (Lipinski definition) is 1. The van der Waals surface area contributed by atoms with Gasteiger partial charge in [0.25, 0.3) is 0 Å². The van der Waals surface area contributed by atoms with Gasteiger partial charge >= 0.3 is 6.36 Å². The van der Waals surface area contributed by atoms with E-state index < -0.39 is 6.36 Å². The summed E-state index contributed by atoms with van der Waals surface area (Å²) in [7, 11) is 1.56. The van der Waals surface area contributed by atoms with E-state index in [-0.39, 0.29) is 18.4 Å². The maximum Gasteiger partial charge on any atom is 0.573 e. The molecule has 0 aromatic heterocycles. The van der Waals surface area contributed by atoms with E-state index in [1.54, 1.807) is 25.3 Å². The highest BCUT2D eigenvalue weighted by Gasteiger charge is 2.31. The lowest BCUT2D eigenvalue weighted by Crippen LogP contribution is -2.20. The molecule has 0 atom stereocenters. The molecule has 0 spiro atoms. The van der Waals surface area contributed by atoms with Gasteiger partial charge in [-0.25, -0.2) is 0 Å². The molecule has 0 fully saturated rings. The number of halogens is 3. The molecular weight excluding hydrogens is 347 g/mol. The number of methoxy groups -OCH3 is 1. The predicted molar refractivity (Wildman–Crippen MR) is 92.4 cm³/mol. The number of nitrogens with one attached hydrogen (secondary N) is 1. The Morgan fingerprint density at radius 1 is 0.923 bits per heavy atom. The van der Waals surface area contributed by atoms with Crippen LogP contribution in [0.15, 0.2) is 42.5 Å². The minimum atomic E-state index is -4.72. The van der Waals surface area contributed by atoms with Crippen LogP contribution in [-0.2, 0) is 13.1 Å². The minimum absolute atomic E-state index is 0.0361. The van der Waals surface area contributed by atoms with Crippen molar-refractivity contribution in [3.8, 4) is 17.2 Å².